The Morgan fingerprint density at radius 1 is 1.00 bits per heavy atom. The van der Waals surface area contributed by atoms with Crippen LogP contribution in [0.4, 0.5) is 14.9 Å². The maximum atomic E-state index is 15.9. The van der Waals surface area contributed by atoms with E-state index in [2.05, 4.69) is 4.90 Å². The van der Waals surface area contributed by atoms with E-state index < -0.39 is 23.5 Å². The van der Waals surface area contributed by atoms with Gasteiger partial charge in [0.15, 0.2) is 11.6 Å². The number of carbonyl (C=O) groups is 2. The molecule has 0 unspecified atom stereocenters. The largest absolute Gasteiger partial charge is 0.493 e. The van der Waals surface area contributed by atoms with Crippen LogP contribution in [0.25, 0.3) is 11.1 Å². The molecule has 8 nitrogen and oxygen atoms in total. The summed E-state index contributed by atoms with van der Waals surface area (Å²) in [6, 6.07) is 17.9. The average molecular weight is 563 g/mol. The number of carbonyl (C=O) groups excluding carboxylic acids is 2. The number of halogens is 1. The van der Waals surface area contributed by atoms with Gasteiger partial charge in [-0.25, -0.2) is 14.0 Å². The van der Waals surface area contributed by atoms with Gasteiger partial charge in [-0.05, 0) is 49.7 Å². The van der Waals surface area contributed by atoms with Gasteiger partial charge in [0.05, 0.1) is 38.0 Å². The van der Waals surface area contributed by atoms with Crippen molar-refractivity contribution in [3.8, 4) is 22.6 Å². The summed E-state index contributed by atoms with van der Waals surface area (Å²) in [7, 11) is 1.33. The summed E-state index contributed by atoms with van der Waals surface area (Å²) in [4.78, 5) is 28.4. The molecular weight excluding hydrogens is 527 g/mol. The Bertz CT molecular complexity index is 1390. The molecule has 0 bridgehead atoms. The Morgan fingerprint density at radius 3 is 2.32 bits per heavy atom. The van der Waals surface area contributed by atoms with E-state index >= 15 is 4.39 Å². The van der Waals surface area contributed by atoms with E-state index in [0.29, 0.717) is 80.4 Å². The molecule has 0 aromatic heterocycles. The number of amides is 1. The Morgan fingerprint density at radius 2 is 1.68 bits per heavy atom. The summed E-state index contributed by atoms with van der Waals surface area (Å²) in [6.07, 6.45) is 0.863. The highest BCUT2D eigenvalue weighted by molar-refractivity contribution is 5.93. The number of rotatable bonds is 9. The molecule has 0 aliphatic carbocycles. The SMILES string of the molecule is CCOc1cc(-c2ccccc2)c(F)c(OCC)c1CN1CCC2(CC1)CN(c1ccc(C(=O)OC)cc1)C(=O)O2. The van der Waals surface area contributed by atoms with E-state index in [4.69, 9.17) is 18.9 Å². The van der Waals surface area contributed by atoms with Gasteiger partial charge in [-0.1, -0.05) is 30.3 Å². The smallest absolute Gasteiger partial charge is 0.415 e. The minimum Gasteiger partial charge on any atom is -0.493 e. The van der Waals surface area contributed by atoms with E-state index in [1.165, 1.54) is 7.11 Å². The number of anilines is 1. The Balaban J connectivity index is 1.32. The molecule has 1 spiro atoms. The summed E-state index contributed by atoms with van der Waals surface area (Å²) < 4.78 is 38.4. The Labute approximate surface area is 239 Å². The maximum Gasteiger partial charge on any atom is 0.415 e. The number of ether oxygens (including phenoxy) is 4. The third-order valence-corrected chi connectivity index (χ3v) is 7.68. The van der Waals surface area contributed by atoms with Crippen molar-refractivity contribution in [3.05, 3.63) is 77.6 Å². The summed E-state index contributed by atoms with van der Waals surface area (Å²) >= 11 is 0. The van der Waals surface area contributed by atoms with Crippen LogP contribution in [0.5, 0.6) is 11.5 Å². The van der Waals surface area contributed by atoms with E-state index in [9.17, 15) is 9.59 Å². The minimum atomic E-state index is -0.609. The fraction of sp³-hybridized carbons (Fsp3) is 0.375. The zero-order valence-corrected chi connectivity index (χ0v) is 23.7. The molecule has 0 atom stereocenters. The highest BCUT2D eigenvalue weighted by atomic mass is 19.1. The number of hydrogen-bond acceptors (Lipinski definition) is 7. The van der Waals surface area contributed by atoms with Crippen molar-refractivity contribution < 1.29 is 32.9 Å². The van der Waals surface area contributed by atoms with Gasteiger partial charge < -0.3 is 18.9 Å². The fourth-order valence-electron chi connectivity index (χ4n) is 5.52. The van der Waals surface area contributed by atoms with Gasteiger partial charge in [-0.3, -0.25) is 9.80 Å². The van der Waals surface area contributed by atoms with Crippen LogP contribution >= 0.6 is 0 Å². The number of piperidine rings is 1. The number of hydrogen-bond donors (Lipinski definition) is 0. The lowest BCUT2D eigenvalue weighted by Crippen LogP contribution is -2.46. The third-order valence-electron chi connectivity index (χ3n) is 7.68. The van der Waals surface area contributed by atoms with Gasteiger partial charge in [0, 0.05) is 43.7 Å². The van der Waals surface area contributed by atoms with Crippen LogP contribution in [0.3, 0.4) is 0 Å². The predicted octanol–water partition coefficient (Wildman–Crippen LogP) is 6.07. The highest BCUT2D eigenvalue weighted by Crippen LogP contribution is 2.41. The first-order valence-electron chi connectivity index (χ1n) is 14.0. The van der Waals surface area contributed by atoms with Crippen molar-refractivity contribution in [3.63, 3.8) is 0 Å². The molecule has 41 heavy (non-hydrogen) atoms. The van der Waals surface area contributed by atoms with E-state index in [-0.39, 0.29) is 5.75 Å². The van der Waals surface area contributed by atoms with Crippen LogP contribution < -0.4 is 14.4 Å². The molecule has 0 N–H and O–H groups in total. The molecular formula is C32H35FN2O6. The second kappa shape index (κ2) is 12.2. The number of nitrogens with zero attached hydrogens (tertiary/aromatic N) is 2. The molecule has 2 saturated heterocycles. The van der Waals surface area contributed by atoms with Crippen molar-refractivity contribution in [2.24, 2.45) is 0 Å². The van der Waals surface area contributed by atoms with Crippen LogP contribution in [-0.4, -0.2) is 62.5 Å². The summed E-state index contributed by atoms with van der Waals surface area (Å²) in [5, 5.41) is 0. The summed E-state index contributed by atoms with van der Waals surface area (Å²) in [5.74, 6) is -0.0145. The first kappa shape index (κ1) is 28.4. The van der Waals surface area contributed by atoms with Crippen LogP contribution in [0, 0.1) is 5.82 Å². The first-order valence-corrected chi connectivity index (χ1v) is 14.0. The molecule has 9 heteroatoms. The van der Waals surface area contributed by atoms with Gasteiger partial charge in [0.25, 0.3) is 0 Å². The monoisotopic (exact) mass is 562 g/mol. The molecule has 2 aliphatic heterocycles. The number of esters is 1. The standard InChI is InChI=1S/C32H35FN2O6/c1-4-39-27-19-25(22-9-7-6-8-10-22)28(33)29(40-5-2)26(27)20-34-17-15-32(16-18-34)21-35(31(37)41-32)24-13-11-23(12-14-24)30(36)38-3/h6-14,19H,4-5,15-18,20-21H2,1-3H3. The first-order chi connectivity index (χ1) is 19.9. The Hall–Kier alpha value is -4.11. The number of benzene rings is 3. The molecule has 2 aliphatic rings. The van der Waals surface area contributed by atoms with Gasteiger partial charge >= 0.3 is 12.1 Å². The average Bonchev–Trinajstić information content (AvgIpc) is 3.32. The zero-order valence-electron chi connectivity index (χ0n) is 23.7. The lowest BCUT2D eigenvalue weighted by molar-refractivity contribution is -0.00129. The second-order valence-electron chi connectivity index (χ2n) is 10.2. The van der Waals surface area contributed by atoms with Crippen LogP contribution in [-0.2, 0) is 16.0 Å². The molecule has 5 rings (SSSR count). The molecule has 216 valence electrons. The van der Waals surface area contributed by atoms with Crippen molar-refractivity contribution in [2.45, 2.75) is 38.8 Å². The molecule has 1 amide bonds. The normalized spacial score (nSPS) is 16.5. The second-order valence-corrected chi connectivity index (χ2v) is 10.2. The quantitative estimate of drug-likeness (QED) is 0.293. The molecule has 3 aromatic rings. The van der Waals surface area contributed by atoms with Crippen molar-refractivity contribution >= 4 is 17.7 Å². The van der Waals surface area contributed by atoms with E-state index in [0.717, 1.165) is 5.56 Å². The summed E-state index contributed by atoms with van der Waals surface area (Å²) in [5.41, 5.74) is 2.35. The Kier molecular flexibility index (Phi) is 8.44. The van der Waals surface area contributed by atoms with Crippen molar-refractivity contribution in [2.75, 3.05) is 44.9 Å². The van der Waals surface area contributed by atoms with Gasteiger partial charge in [0.1, 0.15) is 11.4 Å². The minimum absolute atomic E-state index is 0.214. The van der Waals surface area contributed by atoms with Gasteiger partial charge in [0.2, 0.25) is 0 Å². The zero-order chi connectivity index (χ0) is 29.0. The van der Waals surface area contributed by atoms with Gasteiger partial charge in [-0.15, -0.1) is 0 Å². The van der Waals surface area contributed by atoms with E-state index in [1.54, 1.807) is 35.2 Å². The number of likely N-dealkylation sites (tertiary alicyclic amines) is 1. The molecule has 3 aromatic carbocycles. The molecule has 0 saturated carbocycles. The molecule has 2 heterocycles. The molecule has 2 fully saturated rings. The van der Waals surface area contributed by atoms with Crippen LogP contribution in [0.15, 0.2) is 60.7 Å². The van der Waals surface area contributed by atoms with Crippen molar-refractivity contribution in [1.29, 1.82) is 0 Å². The summed E-state index contributed by atoms with van der Waals surface area (Å²) in [6.45, 7) is 6.68. The van der Waals surface area contributed by atoms with Crippen molar-refractivity contribution in [1.82, 2.24) is 4.90 Å². The maximum absolute atomic E-state index is 15.9. The topological polar surface area (TPSA) is 77.5 Å². The van der Waals surface area contributed by atoms with Gasteiger partial charge in [-0.2, -0.15) is 0 Å². The lowest BCUT2D eigenvalue weighted by Gasteiger charge is -2.37. The number of methoxy groups -OCH3 is 1. The lowest BCUT2D eigenvalue weighted by atomic mass is 9.90. The van der Waals surface area contributed by atoms with Crippen LogP contribution in [0.1, 0.15) is 42.6 Å². The van der Waals surface area contributed by atoms with Crippen LogP contribution in [0.2, 0.25) is 0 Å². The fourth-order valence-corrected chi connectivity index (χ4v) is 5.52. The molecule has 0 radical (unpaired) electrons. The predicted molar refractivity (Wildman–Crippen MR) is 153 cm³/mol. The van der Waals surface area contributed by atoms with E-state index in [1.807, 2.05) is 44.2 Å². The highest BCUT2D eigenvalue weighted by Gasteiger charge is 2.47. The third kappa shape index (κ3) is 5.86.